The summed E-state index contributed by atoms with van der Waals surface area (Å²) in [7, 11) is 0. The van der Waals surface area contributed by atoms with E-state index in [1.165, 1.54) is 9.13 Å². The SMILES string of the molecule is CCN1CCN(C(=O)C(C)n2c(=O)n(-c3cccc(C)c3C)c(=O)c3ccccc32)CC1. The minimum absolute atomic E-state index is 0.0980. The van der Waals surface area contributed by atoms with Crippen molar-refractivity contribution in [3.05, 3.63) is 74.4 Å². The van der Waals surface area contributed by atoms with Gasteiger partial charge in [-0.3, -0.25) is 14.2 Å². The summed E-state index contributed by atoms with van der Waals surface area (Å²) in [5.74, 6) is -0.0980. The number of benzene rings is 2. The number of carbonyl (C=O) groups excluding carboxylic acids is 1. The van der Waals surface area contributed by atoms with E-state index in [0.29, 0.717) is 29.7 Å². The predicted molar refractivity (Wildman–Crippen MR) is 127 cm³/mol. The third-order valence-electron chi connectivity index (χ3n) is 6.69. The molecule has 32 heavy (non-hydrogen) atoms. The van der Waals surface area contributed by atoms with Gasteiger partial charge in [-0.15, -0.1) is 0 Å². The molecule has 7 heteroatoms. The van der Waals surface area contributed by atoms with Gasteiger partial charge >= 0.3 is 5.69 Å². The van der Waals surface area contributed by atoms with Crippen LogP contribution in [0.25, 0.3) is 16.6 Å². The van der Waals surface area contributed by atoms with E-state index >= 15 is 0 Å². The van der Waals surface area contributed by atoms with Crippen molar-refractivity contribution in [2.75, 3.05) is 32.7 Å². The zero-order valence-corrected chi connectivity index (χ0v) is 19.2. The number of likely N-dealkylation sites (N-methyl/N-ethyl adjacent to an activating group) is 1. The van der Waals surface area contributed by atoms with Crippen LogP contribution in [0.5, 0.6) is 0 Å². The molecular formula is C25H30N4O3. The molecule has 1 aliphatic heterocycles. The number of aryl methyl sites for hydroxylation is 1. The quantitative estimate of drug-likeness (QED) is 0.633. The van der Waals surface area contributed by atoms with Crippen LogP contribution < -0.4 is 11.2 Å². The third-order valence-corrected chi connectivity index (χ3v) is 6.69. The molecule has 1 fully saturated rings. The highest BCUT2D eigenvalue weighted by molar-refractivity contribution is 5.84. The van der Waals surface area contributed by atoms with Gasteiger partial charge in [-0.2, -0.15) is 0 Å². The Bertz CT molecular complexity index is 1280. The van der Waals surface area contributed by atoms with Gasteiger partial charge in [-0.05, 0) is 56.6 Å². The van der Waals surface area contributed by atoms with E-state index in [1.54, 1.807) is 37.3 Å². The summed E-state index contributed by atoms with van der Waals surface area (Å²) in [6.07, 6.45) is 0. The highest BCUT2D eigenvalue weighted by Crippen LogP contribution is 2.19. The number of piperazine rings is 1. The monoisotopic (exact) mass is 434 g/mol. The molecule has 168 valence electrons. The molecule has 0 bridgehead atoms. The van der Waals surface area contributed by atoms with Gasteiger partial charge in [0.15, 0.2) is 0 Å². The van der Waals surface area contributed by atoms with E-state index in [1.807, 2.05) is 30.9 Å². The third kappa shape index (κ3) is 3.66. The van der Waals surface area contributed by atoms with Crippen molar-refractivity contribution in [2.24, 2.45) is 0 Å². The maximum Gasteiger partial charge on any atom is 0.336 e. The minimum Gasteiger partial charge on any atom is -0.338 e. The molecule has 0 N–H and O–H groups in total. The number of aromatic nitrogens is 2. The first-order chi connectivity index (χ1) is 15.3. The van der Waals surface area contributed by atoms with Crippen molar-refractivity contribution < 1.29 is 4.79 Å². The molecule has 4 rings (SSSR count). The van der Waals surface area contributed by atoms with Gasteiger partial charge < -0.3 is 9.80 Å². The van der Waals surface area contributed by atoms with Gasteiger partial charge in [0.05, 0.1) is 16.6 Å². The molecule has 0 radical (unpaired) electrons. The second-order valence-electron chi connectivity index (χ2n) is 8.46. The molecule has 7 nitrogen and oxygen atoms in total. The Balaban J connectivity index is 1.88. The standard InChI is InChI=1S/C25H30N4O3/c1-5-26-13-15-27(16-14-26)23(30)19(4)28-22-11-7-6-10-20(22)24(31)29(25(28)32)21-12-8-9-17(2)18(21)3/h6-12,19H,5,13-16H2,1-4H3. The molecule has 1 aliphatic rings. The number of hydrogen-bond donors (Lipinski definition) is 0. The second kappa shape index (κ2) is 8.74. The Kier molecular flexibility index (Phi) is 6.02. The highest BCUT2D eigenvalue weighted by atomic mass is 16.2. The van der Waals surface area contributed by atoms with Gasteiger partial charge in [0.1, 0.15) is 6.04 Å². The van der Waals surface area contributed by atoms with E-state index in [9.17, 15) is 14.4 Å². The molecule has 1 unspecified atom stereocenters. The fourth-order valence-electron chi connectivity index (χ4n) is 4.51. The van der Waals surface area contributed by atoms with Crippen LogP contribution in [0.3, 0.4) is 0 Å². The average Bonchev–Trinajstić information content (AvgIpc) is 2.81. The van der Waals surface area contributed by atoms with Crippen LogP contribution in [-0.4, -0.2) is 57.6 Å². The summed E-state index contributed by atoms with van der Waals surface area (Å²) in [6, 6.07) is 11.9. The molecule has 0 spiro atoms. The Labute approximate surface area is 187 Å². The molecular weight excluding hydrogens is 404 g/mol. The smallest absolute Gasteiger partial charge is 0.336 e. The lowest BCUT2D eigenvalue weighted by molar-refractivity contribution is -0.136. The Morgan fingerprint density at radius 1 is 0.969 bits per heavy atom. The summed E-state index contributed by atoms with van der Waals surface area (Å²) >= 11 is 0. The molecule has 2 heterocycles. The molecule has 1 atom stereocenters. The number of para-hydroxylation sites is 1. The molecule has 1 saturated heterocycles. The van der Waals surface area contributed by atoms with Crippen LogP contribution in [0.4, 0.5) is 0 Å². The normalized spacial score (nSPS) is 15.8. The van der Waals surface area contributed by atoms with Gasteiger partial charge in [0.25, 0.3) is 5.56 Å². The fourth-order valence-corrected chi connectivity index (χ4v) is 4.51. The first-order valence-corrected chi connectivity index (χ1v) is 11.2. The fraction of sp³-hybridized carbons (Fsp3) is 0.400. The highest BCUT2D eigenvalue weighted by Gasteiger charge is 2.28. The molecule has 1 aromatic heterocycles. The lowest BCUT2D eigenvalue weighted by Gasteiger charge is -2.35. The number of hydrogen-bond acceptors (Lipinski definition) is 4. The van der Waals surface area contributed by atoms with E-state index in [0.717, 1.165) is 30.8 Å². The van der Waals surface area contributed by atoms with Crippen molar-refractivity contribution in [3.63, 3.8) is 0 Å². The van der Waals surface area contributed by atoms with Crippen LogP contribution >= 0.6 is 0 Å². The zero-order chi connectivity index (χ0) is 23.0. The van der Waals surface area contributed by atoms with Crippen LogP contribution in [-0.2, 0) is 4.79 Å². The van der Waals surface area contributed by atoms with Gasteiger partial charge in [-0.25, -0.2) is 9.36 Å². The van der Waals surface area contributed by atoms with Crippen molar-refractivity contribution in [1.82, 2.24) is 18.9 Å². The second-order valence-corrected chi connectivity index (χ2v) is 8.46. The van der Waals surface area contributed by atoms with Crippen LogP contribution in [0.15, 0.2) is 52.1 Å². The molecule has 3 aromatic rings. The zero-order valence-electron chi connectivity index (χ0n) is 19.2. The summed E-state index contributed by atoms with van der Waals surface area (Å²) in [6.45, 7) is 11.6. The van der Waals surface area contributed by atoms with Crippen LogP contribution in [0.2, 0.25) is 0 Å². The number of fused-ring (bicyclic) bond motifs is 1. The number of carbonyl (C=O) groups is 1. The Hall–Kier alpha value is -3.19. The van der Waals surface area contributed by atoms with E-state index in [-0.39, 0.29) is 11.5 Å². The average molecular weight is 435 g/mol. The number of nitrogens with zero attached hydrogens (tertiary/aromatic N) is 4. The molecule has 1 amide bonds. The van der Waals surface area contributed by atoms with Crippen LogP contribution in [0.1, 0.15) is 31.0 Å². The molecule has 2 aromatic carbocycles. The lowest BCUT2D eigenvalue weighted by atomic mass is 10.1. The van der Waals surface area contributed by atoms with Gasteiger partial charge in [-0.1, -0.05) is 31.2 Å². The number of rotatable bonds is 4. The first-order valence-electron chi connectivity index (χ1n) is 11.2. The van der Waals surface area contributed by atoms with Crippen molar-refractivity contribution >= 4 is 16.8 Å². The minimum atomic E-state index is -0.724. The lowest BCUT2D eigenvalue weighted by Crippen LogP contribution is -2.51. The van der Waals surface area contributed by atoms with E-state index in [2.05, 4.69) is 11.8 Å². The maximum absolute atomic E-state index is 13.7. The summed E-state index contributed by atoms with van der Waals surface area (Å²) < 4.78 is 2.69. The molecule has 0 saturated carbocycles. The van der Waals surface area contributed by atoms with Gasteiger partial charge in [0.2, 0.25) is 5.91 Å². The summed E-state index contributed by atoms with van der Waals surface area (Å²) in [4.78, 5) is 44.6. The van der Waals surface area contributed by atoms with Crippen molar-refractivity contribution in [2.45, 2.75) is 33.7 Å². The van der Waals surface area contributed by atoms with E-state index in [4.69, 9.17) is 0 Å². The van der Waals surface area contributed by atoms with Crippen molar-refractivity contribution in [3.8, 4) is 5.69 Å². The van der Waals surface area contributed by atoms with Crippen molar-refractivity contribution in [1.29, 1.82) is 0 Å². The molecule has 0 aliphatic carbocycles. The maximum atomic E-state index is 13.7. The largest absolute Gasteiger partial charge is 0.338 e. The topological polar surface area (TPSA) is 67.5 Å². The summed E-state index contributed by atoms with van der Waals surface area (Å²) in [5, 5.41) is 0.420. The number of amides is 1. The summed E-state index contributed by atoms with van der Waals surface area (Å²) in [5.41, 5.74) is 2.03. The Morgan fingerprint density at radius 2 is 1.66 bits per heavy atom. The van der Waals surface area contributed by atoms with Crippen LogP contribution in [0, 0.1) is 13.8 Å². The first kappa shape index (κ1) is 22.0. The Morgan fingerprint density at radius 3 is 2.34 bits per heavy atom. The van der Waals surface area contributed by atoms with E-state index < -0.39 is 11.7 Å². The van der Waals surface area contributed by atoms with Gasteiger partial charge in [0, 0.05) is 26.2 Å². The predicted octanol–water partition coefficient (Wildman–Crippen LogP) is 2.49.